The predicted octanol–water partition coefficient (Wildman–Crippen LogP) is 3.75. The van der Waals surface area contributed by atoms with Gasteiger partial charge in [-0.2, -0.15) is 0 Å². The average Bonchev–Trinajstić information content (AvgIpc) is 3.31. The minimum absolute atomic E-state index is 0.227. The monoisotopic (exact) mass is 271 g/mol. The van der Waals surface area contributed by atoms with Gasteiger partial charge < -0.3 is 10.1 Å². The van der Waals surface area contributed by atoms with Gasteiger partial charge in [-0.1, -0.05) is 24.3 Å². The molecular formula is C17H18FNO. The molecule has 2 aromatic carbocycles. The fourth-order valence-electron chi connectivity index (χ4n) is 2.20. The summed E-state index contributed by atoms with van der Waals surface area (Å²) in [5, 5.41) is 3.47. The van der Waals surface area contributed by atoms with Gasteiger partial charge in [-0.15, -0.1) is 0 Å². The number of rotatable bonds is 5. The van der Waals surface area contributed by atoms with Crippen LogP contribution in [0.2, 0.25) is 0 Å². The Morgan fingerprint density at radius 2 is 1.90 bits per heavy atom. The highest BCUT2D eigenvalue weighted by molar-refractivity contribution is 5.66. The van der Waals surface area contributed by atoms with Crippen molar-refractivity contribution in [1.29, 1.82) is 0 Å². The van der Waals surface area contributed by atoms with Crippen LogP contribution in [0.3, 0.4) is 0 Å². The van der Waals surface area contributed by atoms with E-state index in [2.05, 4.69) is 5.32 Å². The summed E-state index contributed by atoms with van der Waals surface area (Å²) >= 11 is 0. The summed E-state index contributed by atoms with van der Waals surface area (Å²) in [6.45, 7) is 0.880. The number of hydrogen-bond acceptors (Lipinski definition) is 2. The molecule has 1 aliphatic carbocycles. The van der Waals surface area contributed by atoms with Crippen molar-refractivity contribution < 1.29 is 9.13 Å². The van der Waals surface area contributed by atoms with Crippen molar-refractivity contribution in [3.05, 3.63) is 53.8 Å². The maximum atomic E-state index is 13.9. The first kappa shape index (κ1) is 13.1. The van der Waals surface area contributed by atoms with E-state index in [4.69, 9.17) is 4.74 Å². The molecule has 2 aromatic rings. The topological polar surface area (TPSA) is 21.3 Å². The van der Waals surface area contributed by atoms with E-state index in [0.717, 1.165) is 12.1 Å². The molecule has 0 bridgehead atoms. The molecule has 2 nitrogen and oxygen atoms in total. The lowest BCUT2D eigenvalue weighted by Crippen LogP contribution is -2.15. The summed E-state index contributed by atoms with van der Waals surface area (Å²) in [6.07, 6.45) is 2.57. The third kappa shape index (κ3) is 2.99. The second-order valence-corrected chi connectivity index (χ2v) is 5.20. The maximum Gasteiger partial charge on any atom is 0.131 e. The molecule has 3 heteroatoms. The van der Waals surface area contributed by atoms with Crippen LogP contribution >= 0.6 is 0 Å². The molecule has 0 saturated heterocycles. The van der Waals surface area contributed by atoms with Gasteiger partial charge in [0.2, 0.25) is 0 Å². The van der Waals surface area contributed by atoms with Crippen molar-refractivity contribution >= 4 is 0 Å². The highest BCUT2D eigenvalue weighted by atomic mass is 19.1. The molecule has 3 rings (SSSR count). The summed E-state index contributed by atoms with van der Waals surface area (Å²) in [5.41, 5.74) is 2.67. The first-order chi connectivity index (χ1) is 9.76. The fourth-order valence-corrected chi connectivity index (χ4v) is 2.20. The molecular weight excluding hydrogens is 253 g/mol. The van der Waals surface area contributed by atoms with E-state index < -0.39 is 0 Å². The summed E-state index contributed by atoms with van der Waals surface area (Å²) in [4.78, 5) is 0. The van der Waals surface area contributed by atoms with Gasteiger partial charge in [0.1, 0.15) is 11.6 Å². The number of nitrogens with one attached hydrogen (secondary N) is 1. The summed E-state index contributed by atoms with van der Waals surface area (Å²) < 4.78 is 19.0. The Labute approximate surface area is 118 Å². The predicted molar refractivity (Wildman–Crippen MR) is 78.2 cm³/mol. The molecule has 0 heterocycles. The molecule has 1 aliphatic rings. The Morgan fingerprint density at radius 1 is 1.15 bits per heavy atom. The Morgan fingerprint density at radius 3 is 2.55 bits per heavy atom. The lowest BCUT2D eigenvalue weighted by Gasteiger charge is -2.08. The quantitative estimate of drug-likeness (QED) is 0.894. The van der Waals surface area contributed by atoms with Crippen LogP contribution in [0.1, 0.15) is 18.4 Å². The van der Waals surface area contributed by atoms with E-state index in [0.29, 0.717) is 17.4 Å². The van der Waals surface area contributed by atoms with Crippen LogP contribution in [0.15, 0.2) is 42.5 Å². The fraction of sp³-hybridized carbons (Fsp3) is 0.294. The number of benzene rings is 2. The molecule has 1 N–H and O–H groups in total. The molecule has 20 heavy (non-hydrogen) atoms. The van der Waals surface area contributed by atoms with Gasteiger partial charge in [0.15, 0.2) is 0 Å². The molecule has 0 aliphatic heterocycles. The zero-order valence-electron chi connectivity index (χ0n) is 11.5. The largest absolute Gasteiger partial charge is 0.497 e. The molecule has 104 valence electrons. The SMILES string of the molecule is COc1ccc(F)c(-c2ccc(CNC3CC3)cc2)c1. The van der Waals surface area contributed by atoms with E-state index in [1.165, 1.54) is 24.5 Å². The number of halogens is 1. The molecule has 1 saturated carbocycles. The minimum Gasteiger partial charge on any atom is -0.497 e. The highest BCUT2D eigenvalue weighted by Crippen LogP contribution is 2.27. The normalized spacial score (nSPS) is 14.3. The van der Waals surface area contributed by atoms with Crippen LogP contribution in [0.5, 0.6) is 5.75 Å². The van der Waals surface area contributed by atoms with Gasteiger partial charge in [-0.3, -0.25) is 0 Å². The van der Waals surface area contributed by atoms with Gasteiger partial charge >= 0.3 is 0 Å². The van der Waals surface area contributed by atoms with E-state index >= 15 is 0 Å². The van der Waals surface area contributed by atoms with E-state index in [-0.39, 0.29) is 5.82 Å². The van der Waals surface area contributed by atoms with Crippen LogP contribution in [0.4, 0.5) is 4.39 Å². The molecule has 0 spiro atoms. The van der Waals surface area contributed by atoms with Crippen LogP contribution in [0, 0.1) is 5.82 Å². The second kappa shape index (κ2) is 5.63. The third-order valence-corrected chi connectivity index (χ3v) is 3.61. The van der Waals surface area contributed by atoms with Crippen molar-refractivity contribution in [3.8, 4) is 16.9 Å². The number of ether oxygens (including phenoxy) is 1. The van der Waals surface area contributed by atoms with Crippen molar-refractivity contribution in [2.24, 2.45) is 0 Å². The van der Waals surface area contributed by atoms with Crippen molar-refractivity contribution in [2.75, 3.05) is 7.11 Å². The van der Waals surface area contributed by atoms with Crippen molar-refractivity contribution in [2.45, 2.75) is 25.4 Å². The summed E-state index contributed by atoms with van der Waals surface area (Å²) in [5.74, 6) is 0.440. The maximum absolute atomic E-state index is 13.9. The number of methoxy groups -OCH3 is 1. The lowest BCUT2D eigenvalue weighted by molar-refractivity contribution is 0.414. The molecule has 1 fully saturated rings. The van der Waals surface area contributed by atoms with Crippen LogP contribution in [-0.2, 0) is 6.54 Å². The summed E-state index contributed by atoms with van der Waals surface area (Å²) in [6, 6.07) is 13.5. The molecule has 0 atom stereocenters. The zero-order chi connectivity index (χ0) is 13.9. The third-order valence-electron chi connectivity index (χ3n) is 3.61. The Balaban J connectivity index is 1.79. The minimum atomic E-state index is -0.227. The van der Waals surface area contributed by atoms with Gasteiger partial charge in [0.05, 0.1) is 7.11 Å². The van der Waals surface area contributed by atoms with Gasteiger partial charge in [-0.25, -0.2) is 4.39 Å². The lowest BCUT2D eigenvalue weighted by atomic mass is 10.0. The Bertz CT molecular complexity index is 590. The van der Waals surface area contributed by atoms with E-state index in [9.17, 15) is 4.39 Å². The Kier molecular flexibility index (Phi) is 3.70. The van der Waals surface area contributed by atoms with Crippen LogP contribution < -0.4 is 10.1 Å². The Hall–Kier alpha value is -1.87. The highest BCUT2D eigenvalue weighted by Gasteiger charge is 2.19. The molecule has 0 unspecified atom stereocenters. The second-order valence-electron chi connectivity index (χ2n) is 5.20. The molecule has 0 amide bonds. The van der Waals surface area contributed by atoms with Gasteiger partial charge in [-0.05, 0) is 42.2 Å². The molecule has 0 aromatic heterocycles. The van der Waals surface area contributed by atoms with Crippen LogP contribution in [-0.4, -0.2) is 13.2 Å². The van der Waals surface area contributed by atoms with Crippen molar-refractivity contribution in [3.63, 3.8) is 0 Å². The summed E-state index contributed by atoms with van der Waals surface area (Å²) in [7, 11) is 1.59. The smallest absolute Gasteiger partial charge is 0.131 e. The van der Waals surface area contributed by atoms with Crippen molar-refractivity contribution in [1.82, 2.24) is 5.32 Å². The average molecular weight is 271 g/mol. The number of hydrogen-bond donors (Lipinski definition) is 1. The standard InChI is InChI=1S/C17H18FNO/c1-20-15-8-9-17(18)16(10-15)13-4-2-12(3-5-13)11-19-14-6-7-14/h2-5,8-10,14,19H,6-7,11H2,1H3. The zero-order valence-corrected chi connectivity index (χ0v) is 11.5. The molecule has 0 radical (unpaired) electrons. The van der Waals surface area contributed by atoms with Gasteiger partial charge in [0.25, 0.3) is 0 Å². The van der Waals surface area contributed by atoms with E-state index in [1.807, 2.05) is 24.3 Å². The van der Waals surface area contributed by atoms with Gasteiger partial charge in [0, 0.05) is 18.2 Å². The van der Waals surface area contributed by atoms with Crippen LogP contribution in [0.25, 0.3) is 11.1 Å². The first-order valence-electron chi connectivity index (χ1n) is 6.92. The first-order valence-corrected chi connectivity index (χ1v) is 6.92. The van der Waals surface area contributed by atoms with E-state index in [1.54, 1.807) is 19.2 Å².